The Labute approximate surface area is 186 Å². The van der Waals surface area contributed by atoms with Crippen LogP contribution < -0.4 is 0 Å². The number of ether oxygens (including phenoxy) is 3. The number of allylic oxidation sites excluding steroid dienone is 4. The highest BCUT2D eigenvalue weighted by atomic mass is 19.1. The third kappa shape index (κ3) is 2.37. The molecule has 176 valence electrons. The summed E-state index contributed by atoms with van der Waals surface area (Å²) in [6, 6.07) is 0. The molecule has 0 aromatic heterocycles. The smallest absolute Gasteiger partial charge is 0.193 e. The van der Waals surface area contributed by atoms with E-state index in [-0.39, 0.29) is 36.6 Å². The van der Waals surface area contributed by atoms with Gasteiger partial charge >= 0.3 is 0 Å². The number of rotatable bonds is 3. The number of carbonyl (C=O) groups is 2. The summed E-state index contributed by atoms with van der Waals surface area (Å²) < 4.78 is 49.8. The molecule has 0 amide bonds. The number of hydrogen-bond donors (Lipinski definition) is 1. The van der Waals surface area contributed by atoms with E-state index in [2.05, 4.69) is 0 Å². The predicted molar refractivity (Wildman–Crippen MR) is 109 cm³/mol. The number of aliphatic hydroxyl groups excluding tert-OH is 1. The maximum atomic E-state index is 17.2. The normalized spacial score (nSPS) is 53.8. The largest absolute Gasteiger partial charge is 0.390 e. The quantitative estimate of drug-likeness (QED) is 0.709. The molecule has 1 heterocycles. The Morgan fingerprint density at radius 2 is 2.03 bits per heavy atom. The SMILES string of the molecule is COCC(=O)C12OC(C)OC1CC1C3CC(F)C4=CC(=O)C=CC4(C)C3(F)C(O)CC12C. The molecule has 32 heavy (non-hydrogen) atoms. The van der Waals surface area contributed by atoms with Crippen molar-refractivity contribution in [3.05, 3.63) is 23.8 Å². The van der Waals surface area contributed by atoms with E-state index in [1.807, 2.05) is 6.92 Å². The van der Waals surface area contributed by atoms with Gasteiger partial charge in [0.25, 0.3) is 0 Å². The van der Waals surface area contributed by atoms with Gasteiger partial charge in [-0.25, -0.2) is 8.78 Å². The van der Waals surface area contributed by atoms with Crippen LogP contribution in [-0.2, 0) is 23.8 Å². The van der Waals surface area contributed by atoms with Crippen molar-refractivity contribution in [1.29, 1.82) is 0 Å². The molecular formula is C24H30F2O6. The highest BCUT2D eigenvalue weighted by molar-refractivity contribution is 6.01. The second-order valence-electron chi connectivity index (χ2n) is 10.5. The Morgan fingerprint density at radius 1 is 1.31 bits per heavy atom. The Bertz CT molecular complexity index is 933. The molecular weight excluding hydrogens is 422 g/mol. The molecule has 8 heteroatoms. The van der Waals surface area contributed by atoms with Crippen LogP contribution in [0.4, 0.5) is 8.78 Å². The van der Waals surface area contributed by atoms with Gasteiger partial charge < -0.3 is 19.3 Å². The fourth-order valence-electron chi connectivity index (χ4n) is 7.86. The minimum absolute atomic E-state index is 0.0473. The fraction of sp³-hybridized carbons (Fsp3) is 0.750. The zero-order valence-corrected chi connectivity index (χ0v) is 18.8. The molecule has 0 bridgehead atoms. The number of halogens is 2. The van der Waals surface area contributed by atoms with Crippen LogP contribution in [0.2, 0.25) is 0 Å². The number of methoxy groups -OCH3 is 1. The van der Waals surface area contributed by atoms with Crippen LogP contribution in [0.25, 0.3) is 0 Å². The van der Waals surface area contributed by atoms with E-state index in [4.69, 9.17) is 14.2 Å². The first-order valence-electron chi connectivity index (χ1n) is 11.3. The van der Waals surface area contributed by atoms with Gasteiger partial charge in [-0.15, -0.1) is 0 Å². The molecule has 0 aromatic carbocycles. The molecule has 1 N–H and O–H groups in total. The van der Waals surface area contributed by atoms with Crippen LogP contribution in [-0.4, -0.2) is 66.3 Å². The van der Waals surface area contributed by atoms with Crippen LogP contribution in [0.1, 0.15) is 40.0 Å². The summed E-state index contributed by atoms with van der Waals surface area (Å²) in [6.07, 6.45) is -0.340. The Balaban J connectivity index is 1.64. The number of fused-ring (bicyclic) bond motifs is 7. The topological polar surface area (TPSA) is 82.1 Å². The lowest BCUT2D eigenvalue weighted by Crippen LogP contribution is -2.70. The van der Waals surface area contributed by atoms with Gasteiger partial charge in [-0.3, -0.25) is 9.59 Å². The standard InChI is InChI=1S/C24H30F2O6/c1-12-31-20-9-14-15-8-17(25)16-7-13(27)5-6-21(16,2)23(15,26)18(28)10-22(14,3)24(20,32-12)19(29)11-30-4/h5-7,12,14-15,17-18,20,28H,8-11H2,1-4H3. The molecule has 0 radical (unpaired) electrons. The van der Waals surface area contributed by atoms with Gasteiger partial charge in [0, 0.05) is 23.9 Å². The second kappa shape index (κ2) is 6.78. The first kappa shape index (κ1) is 22.3. The highest BCUT2D eigenvalue weighted by Crippen LogP contribution is 2.71. The van der Waals surface area contributed by atoms with Crippen LogP contribution in [0.5, 0.6) is 0 Å². The van der Waals surface area contributed by atoms with Crippen molar-refractivity contribution >= 4 is 11.6 Å². The lowest BCUT2D eigenvalue weighted by molar-refractivity contribution is -0.233. The summed E-state index contributed by atoms with van der Waals surface area (Å²) in [5.74, 6) is -2.03. The fourth-order valence-corrected chi connectivity index (χ4v) is 7.86. The summed E-state index contributed by atoms with van der Waals surface area (Å²) in [6.45, 7) is 4.90. The first-order chi connectivity index (χ1) is 15.0. The number of ketones is 2. The average Bonchev–Trinajstić information content (AvgIpc) is 3.17. The molecule has 1 aliphatic heterocycles. The van der Waals surface area contributed by atoms with Crippen molar-refractivity contribution in [1.82, 2.24) is 0 Å². The predicted octanol–water partition coefficient (Wildman–Crippen LogP) is 2.63. The lowest BCUT2D eigenvalue weighted by atomic mass is 9.44. The van der Waals surface area contributed by atoms with Gasteiger partial charge in [0.15, 0.2) is 29.1 Å². The van der Waals surface area contributed by atoms with Gasteiger partial charge in [-0.2, -0.15) is 0 Å². The zero-order chi connectivity index (χ0) is 23.3. The van der Waals surface area contributed by atoms with Crippen LogP contribution in [0, 0.1) is 22.7 Å². The average molecular weight is 452 g/mol. The summed E-state index contributed by atoms with van der Waals surface area (Å²) in [4.78, 5) is 25.3. The van der Waals surface area contributed by atoms with Crippen molar-refractivity contribution in [2.75, 3.05) is 13.7 Å². The molecule has 3 saturated carbocycles. The van der Waals surface area contributed by atoms with Gasteiger partial charge in [-0.1, -0.05) is 13.0 Å². The molecule has 5 rings (SSSR count). The summed E-state index contributed by atoms with van der Waals surface area (Å²) >= 11 is 0. The molecule has 10 atom stereocenters. The van der Waals surface area contributed by atoms with Gasteiger partial charge in [0.2, 0.25) is 0 Å². The number of alkyl halides is 2. The van der Waals surface area contributed by atoms with E-state index in [9.17, 15) is 14.7 Å². The van der Waals surface area contributed by atoms with Crippen molar-refractivity contribution in [2.45, 2.75) is 76.0 Å². The van der Waals surface area contributed by atoms with E-state index in [1.54, 1.807) is 13.8 Å². The van der Waals surface area contributed by atoms with Gasteiger partial charge in [0.05, 0.1) is 12.2 Å². The van der Waals surface area contributed by atoms with Gasteiger partial charge in [-0.05, 0) is 56.8 Å². The molecule has 1 saturated heterocycles. The third-order valence-corrected chi connectivity index (χ3v) is 9.19. The number of aliphatic hydroxyl groups is 1. The molecule has 6 nitrogen and oxygen atoms in total. The monoisotopic (exact) mass is 452 g/mol. The maximum Gasteiger partial charge on any atom is 0.193 e. The van der Waals surface area contributed by atoms with Crippen molar-refractivity contribution < 1.29 is 37.7 Å². The third-order valence-electron chi connectivity index (χ3n) is 9.19. The zero-order valence-electron chi connectivity index (χ0n) is 18.8. The van der Waals surface area contributed by atoms with E-state index >= 15 is 8.78 Å². The minimum Gasteiger partial charge on any atom is -0.390 e. The molecule has 4 aliphatic carbocycles. The van der Waals surface area contributed by atoms with Crippen LogP contribution in [0.15, 0.2) is 23.8 Å². The molecule has 10 unspecified atom stereocenters. The summed E-state index contributed by atoms with van der Waals surface area (Å²) in [5.41, 5.74) is -5.94. The van der Waals surface area contributed by atoms with Crippen LogP contribution >= 0.6 is 0 Å². The summed E-state index contributed by atoms with van der Waals surface area (Å²) in [5, 5.41) is 11.4. The Hall–Kier alpha value is -1.48. The van der Waals surface area contributed by atoms with E-state index < -0.39 is 58.6 Å². The highest BCUT2D eigenvalue weighted by Gasteiger charge is 2.79. The second-order valence-corrected chi connectivity index (χ2v) is 10.5. The molecule has 4 fully saturated rings. The van der Waals surface area contributed by atoms with E-state index in [0.717, 1.165) is 0 Å². The van der Waals surface area contributed by atoms with Crippen molar-refractivity contribution in [3.63, 3.8) is 0 Å². The van der Waals surface area contributed by atoms with E-state index in [1.165, 1.54) is 25.3 Å². The van der Waals surface area contributed by atoms with Gasteiger partial charge in [0.1, 0.15) is 12.8 Å². The number of Topliss-reactive ketones (excluding diaryl/α,β-unsaturated/α-hetero) is 1. The maximum absolute atomic E-state index is 17.2. The molecule has 0 aromatic rings. The molecule has 5 aliphatic rings. The van der Waals surface area contributed by atoms with E-state index in [0.29, 0.717) is 6.42 Å². The van der Waals surface area contributed by atoms with Crippen molar-refractivity contribution in [2.24, 2.45) is 22.7 Å². The minimum atomic E-state index is -2.20. The number of hydrogen-bond acceptors (Lipinski definition) is 6. The lowest BCUT2D eigenvalue weighted by Gasteiger charge is -2.63. The summed E-state index contributed by atoms with van der Waals surface area (Å²) in [7, 11) is 1.42. The first-order valence-corrected chi connectivity index (χ1v) is 11.3. The molecule has 0 spiro atoms. The van der Waals surface area contributed by atoms with Crippen molar-refractivity contribution in [3.8, 4) is 0 Å². The Morgan fingerprint density at radius 3 is 2.72 bits per heavy atom. The number of carbonyl (C=O) groups excluding carboxylic acids is 2. The van der Waals surface area contributed by atoms with Crippen LogP contribution in [0.3, 0.4) is 0 Å². The Kier molecular flexibility index (Phi) is 4.73.